The summed E-state index contributed by atoms with van der Waals surface area (Å²) in [6, 6.07) is 0.105. The summed E-state index contributed by atoms with van der Waals surface area (Å²) in [5.74, 6) is 1.27. The summed E-state index contributed by atoms with van der Waals surface area (Å²) in [7, 11) is 1.90. The van der Waals surface area contributed by atoms with Gasteiger partial charge in [0.2, 0.25) is 11.8 Å². The molecule has 0 amide bonds. The number of nitrogens with one attached hydrogen (secondary N) is 1. The fraction of sp³-hybridized carbons (Fsp3) is 0.778. The van der Waals surface area contributed by atoms with Gasteiger partial charge in [0.05, 0.1) is 6.04 Å². The van der Waals surface area contributed by atoms with Crippen LogP contribution in [0.4, 0.5) is 0 Å². The highest BCUT2D eigenvalue weighted by atomic mass is 16.4. The Morgan fingerprint density at radius 2 is 1.92 bits per heavy atom. The van der Waals surface area contributed by atoms with Crippen molar-refractivity contribution in [2.75, 3.05) is 7.05 Å². The third kappa shape index (κ3) is 2.28. The number of aromatic nitrogens is 2. The minimum Gasteiger partial charge on any atom is -0.424 e. The first-order chi connectivity index (χ1) is 5.95. The Labute approximate surface area is 78.7 Å². The third-order valence-corrected chi connectivity index (χ3v) is 1.94. The van der Waals surface area contributed by atoms with Gasteiger partial charge in [0.25, 0.3) is 0 Å². The second-order valence-corrected chi connectivity index (χ2v) is 4.25. The van der Waals surface area contributed by atoms with Crippen LogP contribution in [-0.4, -0.2) is 17.2 Å². The molecule has 0 radical (unpaired) electrons. The van der Waals surface area contributed by atoms with E-state index in [0.29, 0.717) is 11.8 Å². The molecule has 0 aliphatic rings. The molecule has 1 rings (SSSR count). The van der Waals surface area contributed by atoms with Gasteiger partial charge >= 0.3 is 0 Å². The van der Waals surface area contributed by atoms with E-state index in [0.717, 1.165) is 0 Å². The molecule has 1 unspecified atom stereocenters. The van der Waals surface area contributed by atoms with E-state index in [-0.39, 0.29) is 11.5 Å². The van der Waals surface area contributed by atoms with Crippen molar-refractivity contribution in [3.8, 4) is 0 Å². The van der Waals surface area contributed by atoms with Gasteiger partial charge in [-0.3, -0.25) is 0 Å². The monoisotopic (exact) mass is 183 g/mol. The number of nitrogens with zero attached hydrogens (tertiary/aromatic N) is 2. The molecule has 74 valence electrons. The van der Waals surface area contributed by atoms with Crippen molar-refractivity contribution in [2.24, 2.45) is 5.41 Å². The van der Waals surface area contributed by atoms with Crippen LogP contribution >= 0.6 is 0 Å². The molecule has 1 aromatic heterocycles. The molecule has 0 bridgehead atoms. The van der Waals surface area contributed by atoms with E-state index in [2.05, 4.69) is 36.3 Å². The van der Waals surface area contributed by atoms with Gasteiger partial charge in [-0.05, 0) is 12.5 Å². The molecule has 0 aliphatic carbocycles. The maximum atomic E-state index is 5.38. The summed E-state index contributed by atoms with van der Waals surface area (Å²) in [4.78, 5) is 0. The smallest absolute Gasteiger partial charge is 0.233 e. The first-order valence-corrected chi connectivity index (χ1v) is 4.42. The van der Waals surface area contributed by atoms with E-state index < -0.39 is 0 Å². The Hall–Kier alpha value is -0.900. The molecule has 4 nitrogen and oxygen atoms in total. The van der Waals surface area contributed by atoms with Crippen LogP contribution in [0.1, 0.15) is 38.6 Å². The van der Waals surface area contributed by atoms with Gasteiger partial charge in [0, 0.05) is 6.92 Å². The molecule has 0 saturated heterocycles. The van der Waals surface area contributed by atoms with Crippen molar-refractivity contribution in [2.45, 2.75) is 33.7 Å². The Morgan fingerprint density at radius 3 is 2.23 bits per heavy atom. The van der Waals surface area contributed by atoms with Crippen LogP contribution < -0.4 is 5.32 Å². The van der Waals surface area contributed by atoms with Gasteiger partial charge in [0.15, 0.2) is 0 Å². The van der Waals surface area contributed by atoms with Crippen LogP contribution in [0.25, 0.3) is 0 Å². The molecule has 0 spiro atoms. The fourth-order valence-electron chi connectivity index (χ4n) is 1.36. The van der Waals surface area contributed by atoms with Crippen LogP contribution in [0.15, 0.2) is 4.42 Å². The predicted octanol–water partition coefficient (Wildman–Crippen LogP) is 1.68. The van der Waals surface area contributed by atoms with Crippen LogP contribution in [0.5, 0.6) is 0 Å². The molecule has 1 aromatic rings. The minimum atomic E-state index is 0.0771. The van der Waals surface area contributed by atoms with Crippen molar-refractivity contribution >= 4 is 0 Å². The number of aryl methyl sites for hydroxylation is 1. The van der Waals surface area contributed by atoms with Crippen LogP contribution in [0.3, 0.4) is 0 Å². The summed E-state index contributed by atoms with van der Waals surface area (Å²) in [5.41, 5.74) is 0.0771. The first-order valence-electron chi connectivity index (χ1n) is 4.42. The molecule has 1 atom stereocenters. The lowest BCUT2D eigenvalue weighted by Gasteiger charge is -2.26. The summed E-state index contributed by atoms with van der Waals surface area (Å²) in [6.07, 6.45) is 0. The second-order valence-electron chi connectivity index (χ2n) is 4.25. The molecule has 13 heavy (non-hydrogen) atoms. The standard InChI is InChI=1S/C9H17N3O/c1-6-11-12-8(13-6)7(10-5)9(2,3)4/h7,10H,1-5H3. The molecule has 0 fully saturated rings. The fourth-order valence-corrected chi connectivity index (χ4v) is 1.36. The quantitative estimate of drug-likeness (QED) is 0.758. The topological polar surface area (TPSA) is 51.0 Å². The molecule has 0 saturated carbocycles. The highest BCUT2D eigenvalue weighted by Crippen LogP contribution is 2.31. The lowest BCUT2D eigenvalue weighted by Crippen LogP contribution is -2.29. The van der Waals surface area contributed by atoms with Gasteiger partial charge in [-0.1, -0.05) is 20.8 Å². The average molecular weight is 183 g/mol. The molecular formula is C9H17N3O. The molecule has 1 heterocycles. The molecule has 1 N–H and O–H groups in total. The second kappa shape index (κ2) is 3.46. The Kier molecular flexibility index (Phi) is 2.71. The van der Waals surface area contributed by atoms with E-state index in [1.807, 2.05) is 7.05 Å². The Balaban J connectivity index is 2.91. The van der Waals surface area contributed by atoms with Crippen molar-refractivity contribution < 1.29 is 4.42 Å². The normalized spacial score (nSPS) is 14.5. The number of rotatable bonds is 2. The van der Waals surface area contributed by atoms with Crippen molar-refractivity contribution in [3.63, 3.8) is 0 Å². The van der Waals surface area contributed by atoms with E-state index in [1.165, 1.54) is 0 Å². The van der Waals surface area contributed by atoms with Gasteiger partial charge < -0.3 is 9.73 Å². The molecule has 0 aromatic carbocycles. The Bertz CT molecular complexity index is 275. The number of hydrogen-bond donors (Lipinski definition) is 1. The van der Waals surface area contributed by atoms with Crippen molar-refractivity contribution in [3.05, 3.63) is 11.8 Å². The maximum Gasteiger partial charge on any atom is 0.233 e. The first kappa shape index (κ1) is 10.2. The zero-order valence-electron chi connectivity index (χ0n) is 8.88. The zero-order valence-corrected chi connectivity index (χ0v) is 8.88. The predicted molar refractivity (Wildman–Crippen MR) is 50.3 cm³/mol. The summed E-state index contributed by atoms with van der Waals surface area (Å²) < 4.78 is 5.38. The van der Waals surface area contributed by atoms with Gasteiger partial charge in [-0.15, -0.1) is 10.2 Å². The van der Waals surface area contributed by atoms with E-state index in [9.17, 15) is 0 Å². The number of hydrogen-bond acceptors (Lipinski definition) is 4. The summed E-state index contributed by atoms with van der Waals surface area (Å²) in [5, 5.41) is 11.0. The van der Waals surface area contributed by atoms with E-state index in [1.54, 1.807) is 6.92 Å². The van der Waals surface area contributed by atoms with Gasteiger partial charge in [0.1, 0.15) is 0 Å². The Morgan fingerprint density at radius 1 is 1.31 bits per heavy atom. The van der Waals surface area contributed by atoms with Crippen molar-refractivity contribution in [1.29, 1.82) is 0 Å². The molecule has 0 aliphatic heterocycles. The van der Waals surface area contributed by atoms with Crippen LogP contribution in [0.2, 0.25) is 0 Å². The maximum absolute atomic E-state index is 5.38. The summed E-state index contributed by atoms with van der Waals surface area (Å²) >= 11 is 0. The largest absolute Gasteiger partial charge is 0.424 e. The van der Waals surface area contributed by atoms with Crippen LogP contribution in [0, 0.1) is 12.3 Å². The highest BCUT2D eigenvalue weighted by Gasteiger charge is 2.29. The molecule has 4 heteroatoms. The third-order valence-electron chi connectivity index (χ3n) is 1.94. The van der Waals surface area contributed by atoms with E-state index in [4.69, 9.17) is 4.42 Å². The van der Waals surface area contributed by atoms with E-state index >= 15 is 0 Å². The lowest BCUT2D eigenvalue weighted by molar-refractivity contribution is 0.239. The van der Waals surface area contributed by atoms with Gasteiger partial charge in [-0.25, -0.2) is 0 Å². The zero-order chi connectivity index (χ0) is 10.1. The van der Waals surface area contributed by atoms with Crippen LogP contribution in [-0.2, 0) is 0 Å². The summed E-state index contributed by atoms with van der Waals surface area (Å²) in [6.45, 7) is 8.20. The van der Waals surface area contributed by atoms with Gasteiger partial charge in [-0.2, -0.15) is 0 Å². The van der Waals surface area contributed by atoms with Crippen molar-refractivity contribution in [1.82, 2.24) is 15.5 Å². The average Bonchev–Trinajstić information content (AvgIpc) is 2.34. The lowest BCUT2D eigenvalue weighted by atomic mass is 9.87. The minimum absolute atomic E-state index is 0.0771. The highest BCUT2D eigenvalue weighted by molar-refractivity contribution is 4.94. The SMILES string of the molecule is CNC(c1nnc(C)o1)C(C)(C)C. The molecular weight excluding hydrogens is 166 g/mol.